The number of rotatable bonds is 7. The molecule has 2 aliphatic rings. The maximum absolute atomic E-state index is 12.9. The number of pyridine rings is 1. The van der Waals surface area contributed by atoms with Crippen LogP contribution in [0.5, 0.6) is 11.5 Å². The smallest absolute Gasteiger partial charge is 0.351 e. The number of nitrogens with zero attached hydrogens (tertiary/aromatic N) is 1. The molecule has 2 aromatic heterocycles. The molecule has 0 spiro atoms. The van der Waals surface area contributed by atoms with E-state index >= 15 is 0 Å². The highest BCUT2D eigenvalue weighted by molar-refractivity contribution is 5.92. The largest absolute Gasteiger partial charge is 0.507 e. The lowest BCUT2D eigenvalue weighted by Crippen LogP contribution is -2.65. The van der Waals surface area contributed by atoms with Crippen molar-refractivity contribution in [3.8, 4) is 11.5 Å². The van der Waals surface area contributed by atoms with E-state index in [4.69, 9.17) is 28.1 Å². The number of hydrogen-bond acceptors (Lipinski definition) is 11. The molecular formula is C30H35NO10. The summed E-state index contributed by atoms with van der Waals surface area (Å²) in [5, 5.41) is 33.0. The molecule has 5 atom stereocenters. The Labute approximate surface area is 236 Å². The SMILES string of the molecule is CO[C@@H]1[C@H](O)[C@@H](OC2CCCCO2)[C@H](Oc2ccc3c(O)c(C(O)=Cc4ccccn4)c(=O)oc3c2C)OC1(C)C. The van der Waals surface area contributed by atoms with Gasteiger partial charge in [-0.2, -0.15) is 0 Å². The van der Waals surface area contributed by atoms with Crippen molar-refractivity contribution in [1.29, 1.82) is 0 Å². The van der Waals surface area contributed by atoms with Gasteiger partial charge in [0.15, 0.2) is 12.4 Å². The van der Waals surface area contributed by atoms with E-state index in [9.17, 15) is 20.1 Å². The van der Waals surface area contributed by atoms with Gasteiger partial charge in [0.25, 0.3) is 0 Å². The first-order valence-electron chi connectivity index (χ1n) is 13.5. The number of aliphatic hydroxyl groups is 2. The first-order valence-corrected chi connectivity index (χ1v) is 13.5. The van der Waals surface area contributed by atoms with E-state index in [1.807, 2.05) is 0 Å². The van der Waals surface area contributed by atoms with E-state index in [0.29, 0.717) is 24.3 Å². The Kier molecular flexibility index (Phi) is 8.35. The Morgan fingerprint density at radius 1 is 1.20 bits per heavy atom. The third kappa shape index (κ3) is 5.81. The van der Waals surface area contributed by atoms with Crippen molar-refractivity contribution < 1.29 is 43.4 Å². The second kappa shape index (κ2) is 11.8. The summed E-state index contributed by atoms with van der Waals surface area (Å²) < 4.78 is 35.5. The second-order valence-electron chi connectivity index (χ2n) is 10.7. The van der Waals surface area contributed by atoms with Crippen molar-refractivity contribution in [1.82, 2.24) is 4.98 Å². The molecule has 2 saturated heterocycles. The summed E-state index contributed by atoms with van der Waals surface area (Å²) in [6.45, 7) is 5.78. The number of aryl methyl sites for hydroxylation is 1. The minimum Gasteiger partial charge on any atom is -0.507 e. The number of aliphatic hydroxyl groups excluding tert-OH is 2. The lowest BCUT2D eigenvalue weighted by molar-refractivity contribution is -0.339. The van der Waals surface area contributed by atoms with Crippen LogP contribution in [0, 0.1) is 6.92 Å². The van der Waals surface area contributed by atoms with Crippen LogP contribution >= 0.6 is 0 Å². The van der Waals surface area contributed by atoms with Crippen LogP contribution in [0.25, 0.3) is 22.8 Å². The highest BCUT2D eigenvalue weighted by Crippen LogP contribution is 2.39. The third-order valence-electron chi connectivity index (χ3n) is 7.44. The Morgan fingerprint density at radius 2 is 2.00 bits per heavy atom. The summed E-state index contributed by atoms with van der Waals surface area (Å²) in [5.74, 6) is -0.651. The van der Waals surface area contributed by atoms with Gasteiger partial charge in [-0.3, -0.25) is 4.98 Å². The summed E-state index contributed by atoms with van der Waals surface area (Å²) in [5.41, 5.74) is -1.40. The molecule has 0 aliphatic carbocycles. The highest BCUT2D eigenvalue weighted by atomic mass is 16.7. The van der Waals surface area contributed by atoms with Crippen LogP contribution in [-0.4, -0.2) is 70.5 Å². The van der Waals surface area contributed by atoms with Crippen molar-refractivity contribution in [2.24, 2.45) is 0 Å². The highest BCUT2D eigenvalue weighted by Gasteiger charge is 2.52. The number of aromatic hydroxyl groups is 1. The van der Waals surface area contributed by atoms with Crippen molar-refractivity contribution in [3.05, 3.63) is 63.8 Å². The zero-order valence-electron chi connectivity index (χ0n) is 23.4. The van der Waals surface area contributed by atoms with Crippen LogP contribution in [0.1, 0.15) is 49.9 Å². The molecule has 3 aromatic rings. The molecule has 0 bridgehead atoms. The van der Waals surface area contributed by atoms with Crippen molar-refractivity contribution in [2.75, 3.05) is 13.7 Å². The molecule has 0 amide bonds. The number of benzene rings is 1. The molecule has 41 heavy (non-hydrogen) atoms. The number of ether oxygens (including phenoxy) is 5. The van der Waals surface area contributed by atoms with Crippen molar-refractivity contribution in [2.45, 2.75) is 76.5 Å². The summed E-state index contributed by atoms with van der Waals surface area (Å²) >= 11 is 0. The Bertz CT molecular complexity index is 1460. The van der Waals surface area contributed by atoms with Crippen LogP contribution < -0.4 is 10.4 Å². The third-order valence-corrected chi connectivity index (χ3v) is 7.44. The minimum atomic E-state index is -1.10. The fourth-order valence-electron chi connectivity index (χ4n) is 5.35. The zero-order valence-corrected chi connectivity index (χ0v) is 23.4. The number of methoxy groups -OCH3 is 1. The summed E-state index contributed by atoms with van der Waals surface area (Å²) in [6, 6.07) is 8.17. The van der Waals surface area contributed by atoms with E-state index in [0.717, 1.165) is 12.8 Å². The van der Waals surface area contributed by atoms with Gasteiger partial charge in [-0.1, -0.05) is 6.07 Å². The van der Waals surface area contributed by atoms with Gasteiger partial charge in [-0.25, -0.2) is 4.79 Å². The molecule has 3 N–H and O–H groups in total. The number of hydrogen-bond donors (Lipinski definition) is 3. The Morgan fingerprint density at radius 3 is 2.68 bits per heavy atom. The number of fused-ring (bicyclic) bond motifs is 1. The Hall–Kier alpha value is -3.48. The fraction of sp³-hybridized carbons (Fsp3) is 0.467. The van der Waals surface area contributed by atoms with E-state index in [1.165, 1.54) is 25.4 Å². The molecule has 220 valence electrons. The molecule has 11 heteroatoms. The molecule has 2 aliphatic heterocycles. The maximum Gasteiger partial charge on any atom is 0.351 e. The lowest BCUT2D eigenvalue weighted by Gasteiger charge is -2.48. The topological polar surface area (TPSA) is 150 Å². The predicted octanol–water partition coefficient (Wildman–Crippen LogP) is 4.06. The number of aromatic nitrogens is 1. The average molecular weight is 570 g/mol. The van der Waals surface area contributed by atoms with Gasteiger partial charge in [0.2, 0.25) is 6.29 Å². The molecular weight excluding hydrogens is 534 g/mol. The standard InChI is InChI=1S/C30H35NO10/c1-16-20(38-29-26(39-21-10-6-8-14-37-21)24(34)27(36-4)30(2,3)41-29)12-11-18-23(33)22(28(35)40-25(16)18)19(32)15-17-9-5-7-13-31-17/h5,7,9,11-13,15,21,24,26-27,29,32-34H,6,8,10,14H2,1-4H3/t21?,24-,26-,27-,29-/m1/s1. The molecule has 2 fully saturated rings. The zero-order chi connectivity index (χ0) is 29.3. The van der Waals surface area contributed by atoms with Gasteiger partial charge >= 0.3 is 5.63 Å². The molecule has 11 nitrogen and oxygen atoms in total. The summed E-state index contributed by atoms with van der Waals surface area (Å²) in [4.78, 5) is 17.0. The van der Waals surface area contributed by atoms with E-state index < -0.39 is 53.6 Å². The molecule has 0 radical (unpaired) electrons. The molecule has 1 unspecified atom stereocenters. The Balaban J connectivity index is 1.48. The van der Waals surface area contributed by atoms with Crippen LogP contribution in [0.4, 0.5) is 0 Å². The first kappa shape index (κ1) is 29.0. The van der Waals surface area contributed by atoms with Gasteiger partial charge in [0, 0.05) is 31.6 Å². The molecule has 0 saturated carbocycles. The minimum absolute atomic E-state index is 0.0675. The molecule has 4 heterocycles. The van der Waals surface area contributed by atoms with E-state index in [2.05, 4.69) is 4.98 Å². The second-order valence-corrected chi connectivity index (χ2v) is 10.7. The van der Waals surface area contributed by atoms with Gasteiger partial charge in [0.1, 0.15) is 40.6 Å². The van der Waals surface area contributed by atoms with Gasteiger partial charge < -0.3 is 43.4 Å². The summed E-state index contributed by atoms with van der Waals surface area (Å²) in [6.07, 6.45) is 0.974. The van der Waals surface area contributed by atoms with Crippen molar-refractivity contribution >= 4 is 22.8 Å². The normalized spacial score (nSPS) is 26.7. The quantitative estimate of drug-likeness (QED) is 0.279. The monoisotopic (exact) mass is 569 g/mol. The van der Waals surface area contributed by atoms with Gasteiger partial charge in [0.05, 0.1) is 16.7 Å². The van der Waals surface area contributed by atoms with Crippen LogP contribution in [0.15, 0.2) is 45.7 Å². The predicted molar refractivity (Wildman–Crippen MR) is 148 cm³/mol. The van der Waals surface area contributed by atoms with E-state index in [1.54, 1.807) is 45.0 Å². The lowest BCUT2D eigenvalue weighted by atomic mass is 9.89. The summed E-state index contributed by atoms with van der Waals surface area (Å²) in [7, 11) is 1.49. The first-order chi connectivity index (χ1) is 19.6. The maximum atomic E-state index is 12.9. The van der Waals surface area contributed by atoms with Gasteiger partial charge in [-0.05, 0) is 64.3 Å². The molecule has 5 rings (SSSR count). The van der Waals surface area contributed by atoms with Crippen LogP contribution in [-0.2, 0) is 18.9 Å². The van der Waals surface area contributed by atoms with E-state index in [-0.39, 0.29) is 22.3 Å². The van der Waals surface area contributed by atoms with Crippen molar-refractivity contribution in [3.63, 3.8) is 0 Å². The fourth-order valence-corrected chi connectivity index (χ4v) is 5.35. The average Bonchev–Trinajstić information content (AvgIpc) is 2.93. The van der Waals surface area contributed by atoms with Crippen LogP contribution in [0.3, 0.4) is 0 Å². The van der Waals surface area contributed by atoms with Crippen LogP contribution in [0.2, 0.25) is 0 Å². The van der Waals surface area contributed by atoms with Gasteiger partial charge in [-0.15, -0.1) is 0 Å². The molecule has 1 aromatic carbocycles.